The number of carbonyl (C=O) groups excluding carboxylic acids is 1. The standard InChI is InChI=1S/C19H15BrFN3O/c1-12-2-4-15(10-23-12)24-18-11-22-7-6-13(18)9-19(25)14-3-5-16(20)17(21)8-14/h2-8,10-11,24H,9H2,1H3. The first-order valence-corrected chi connectivity index (χ1v) is 8.43. The average Bonchev–Trinajstić information content (AvgIpc) is 2.61. The Morgan fingerprint density at radius 2 is 2.04 bits per heavy atom. The maximum absolute atomic E-state index is 13.6. The third-order valence-corrected chi connectivity index (χ3v) is 4.34. The fourth-order valence-corrected chi connectivity index (χ4v) is 2.58. The van der Waals surface area contributed by atoms with E-state index in [-0.39, 0.29) is 12.2 Å². The molecule has 0 saturated carbocycles. The minimum atomic E-state index is -0.454. The Bertz CT molecular complexity index is 913. The highest BCUT2D eigenvalue weighted by Gasteiger charge is 2.12. The van der Waals surface area contributed by atoms with Crippen molar-refractivity contribution < 1.29 is 9.18 Å². The Kier molecular flexibility index (Phi) is 5.19. The first-order chi connectivity index (χ1) is 12.0. The summed E-state index contributed by atoms with van der Waals surface area (Å²) in [7, 11) is 0. The van der Waals surface area contributed by atoms with E-state index >= 15 is 0 Å². The summed E-state index contributed by atoms with van der Waals surface area (Å²) in [5.74, 6) is -0.618. The van der Waals surface area contributed by atoms with Crippen molar-refractivity contribution in [3.05, 3.63) is 82.1 Å². The number of nitrogens with zero attached hydrogens (tertiary/aromatic N) is 2. The number of halogens is 2. The first kappa shape index (κ1) is 17.2. The van der Waals surface area contributed by atoms with Crippen LogP contribution in [0.4, 0.5) is 15.8 Å². The van der Waals surface area contributed by atoms with Crippen molar-refractivity contribution in [2.24, 2.45) is 0 Å². The van der Waals surface area contributed by atoms with Gasteiger partial charge in [-0.1, -0.05) is 6.07 Å². The van der Waals surface area contributed by atoms with Gasteiger partial charge in [0.15, 0.2) is 5.78 Å². The van der Waals surface area contributed by atoms with Crippen LogP contribution in [0.3, 0.4) is 0 Å². The van der Waals surface area contributed by atoms with Crippen LogP contribution < -0.4 is 5.32 Å². The maximum atomic E-state index is 13.6. The zero-order chi connectivity index (χ0) is 17.8. The Labute approximate surface area is 153 Å². The molecule has 0 amide bonds. The van der Waals surface area contributed by atoms with Crippen LogP contribution in [0, 0.1) is 12.7 Å². The van der Waals surface area contributed by atoms with Crippen molar-refractivity contribution in [1.82, 2.24) is 9.97 Å². The Morgan fingerprint density at radius 3 is 2.76 bits per heavy atom. The summed E-state index contributed by atoms with van der Waals surface area (Å²) in [6, 6.07) is 9.96. The summed E-state index contributed by atoms with van der Waals surface area (Å²) < 4.78 is 14.0. The number of pyridine rings is 2. The van der Waals surface area contributed by atoms with Gasteiger partial charge in [-0.05, 0) is 58.7 Å². The number of hydrogen-bond donors (Lipinski definition) is 1. The second kappa shape index (κ2) is 7.53. The largest absolute Gasteiger partial charge is 0.353 e. The molecule has 1 aromatic carbocycles. The SMILES string of the molecule is Cc1ccc(Nc2cnccc2CC(=O)c2ccc(Br)c(F)c2)cn1. The van der Waals surface area contributed by atoms with E-state index < -0.39 is 5.82 Å². The first-order valence-electron chi connectivity index (χ1n) is 7.64. The Balaban J connectivity index is 1.81. The quantitative estimate of drug-likeness (QED) is 0.622. The zero-order valence-corrected chi connectivity index (χ0v) is 15.0. The summed E-state index contributed by atoms with van der Waals surface area (Å²) in [6.45, 7) is 1.91. The molecule has 0 bridgehead atoms. The second-order valence-corrected chi connectivity index (χ2v) is 6.43. The van der Waals surface area contributed by atoms with E-state index in [0.717, 1.165) is 22.6 Å². The van der Waals surface area contributed by atoms with Gasteiger partial charge in [0.2, 0.25) is 0 Å². The summed E-state index contributed by atoms with van der Waals surface area (Å²) in [6.07, 6.45) is 5.15. The number of Topliss-reactive ketones (excluding diaryl/α,β-unsaturated/α-hetero) is 1. The molecule has 2 heterocycles. The van der Waals surface area contributed by atoms with Crippen LogP contribution in [0.1, 0.15) is 21.6 Å². The van der Waals surface area contributed by atoms with Gasteiger partial charge >= 0.3 is 0 Å². The topological polar surface area (TPSA) is 54.9 Å². The van der Waals surface area contributed by atoms with Gasteiger partial charge in [-0.25, -0.2) is 4.39 Å². The van der Waals surface area contributed by atoms with Crippen LogP contribution in [0.2, 0.25) is 0 Å². The van der Waals surface area contributed by atoms with Crippen molar-refractivity contribution in [2.45, 2.75) is 13.3 Å². The lowest BCUT2D eigenvalue weighted by Crippen LogP contribution is -2.07. The van der Waals surface area contributed by atoms with Gasteiger partial charge in [0, 0.05) is 23.9 Å². The van der Waals surface area contributed by atoms with Crippen LogP contribution in [0.15, 0.2) is 59.5 Å². The normalized spacial score (nSPS) is 10.5. The van der Waals surface area contributed by atoms with E-state index in [4.69, 9.17) is 0 Å². The summed E-state index contributed by atoms with van der Waals surface area (Å²) in [5.41, 5.74) is 3.56. The molecule has 126 valence electrons. The fourth-order valence-electron chi connectivity index (χ4n) is 2.33. The molecule has 0 radical (unpaired) electrons. The third kappa shape index (κ3) is 4.28. The minimum absolute atomic E-state index is 0.144. The van der Waals surface area contributed by atoms with Gasteiger partial charge in [0.1, 0.15) is 5.82 Å². The highest BCUT2D eigenvalue weighted by molar-refractivity contribution is 9.10. The molecule has 4 nitrogen and oxygen atoms in total. The highest BCUT2D eigenvalue weighted by Crippen LogP contribution is 2.22. The third-order valence-electron chi connectivity index (χ3n) is 3.69. The zero-order valence-electron chi connectivity index (χ0n) is 13.5. The lowest BCUT2D eigenvalue weighted by atomic mass is 10.0. The van der Waals surface area contributed by atoms with E-state index in [2.05, 4.69) is 31.2 Å². The number of hydrogen-bond acceptors (Lipinski definition) is 4. The van der Waals surface area contributed by atoms with Gasteiger partial charge in [-0.2, -0.15) is 0 Å². The second-order valence-electron chi connectivity index (χ2n) is 5.57. The van der Waals surface area contributed by atoms with Crippen molar-refractivity contribution >= 4 is 33.1 Å². The van der Waals surface area contributed by atoms with E-state index in [9.17, 15) is 9.18 Å². The number of anilines is 2. The highest BCUT2D eigenvalue weighted by atomic mass is 79.9. The lowest BCUT2D eigenvalue weighted by molar-refractivity contribution is 0.0992. The Hall–Kier alpha value is -2.60. The number of carbonyl (C=O) groups is 1. The lowest BCUT2D eigenvalue weighted by Gasteiger charge is -2.11. The summed E-state index contributed by atoms with van der Waals surface area (Å²) in [4.78, 5) is 20.8. The predicted molar refractivity (Wildman–Crippen MR) is 98.6 cm³/mol. The molecule has 0 aliphatic carbocycles. The number of aromatic nitrogens is 2. The molecule has 25 heavy (non-hydrogen) atoms. The van der Waals surface area contributed by atoms with Gasteiger partial charge in [0.05, 0.1) is 28.2 Å². The van der Waals surface area contributed by atoms with E-state index in [0.29, 0.717) is 10.0 Å². The monoisotopic (exact) mass is 399 g/mol. The number of nitrogens with one attached hydrogen (secondary N) is 1. The smallest absolute Gasteiger partial charge is 0.167 e. The molecule has 3 aromatic rings. The van der Waals surface area contributed by atoms with Gasteiger partial charge in [-0.15, -0.1) is 0 Å². The van der Waals surface area contributed by atoms with Crippen molar-refractivity contribution in [1.29, 1.82) is 0 Å². The van der Waals surface area contributed by atoms with E-state index in [1.54, 1.807) is 30.7 Å². The minimum Gasteiger partial charge on any atom is -0.353 e. The Morgan fingerprint density at radius 1 is 1.20 bits per heavy atom. The molecule has 6 heteroatoms. The molecular weight excluding hydrogens is 385 g/mol. The molecule has 0 unspecified atom stereocenters. The van der Waals surface area contributed by atoms with Crippen LogP contribution >= 0.6 is 15.9 Å². The number of aryl methyl sites for hydroxylation is 1. The molecule has 0 aliphatic heterocycles. The summed E-state index contributed by atoms with van der Waals surface area (Å²) >= 11 is 3.09. The molecule has 0 spiro atoms. The van der Waals surface area contributed by atoms with E-state index in [1.165, 1.54) is 12.1 Å². The van der Waals surface area contributed by atoms with E-state index in [1.807, 2.05) is 19.1 Å². The summed E-state index contributed by atoms with van der Waals surface area (Å²) in [5, 5.41) is 3.22. The maximum Gasteiger partial charge on any atom is 0.167 e. The van der Waals surface area contributed by atoms with Crippen molar-refractivity contribution in [2.75, 3.05) is 5.32 Å². The molecule has 0 aliphatic rings. The average molecular weight is 400 g/mol. The van der Waals surface area contributed by atoms with Crippen molar-refractivity contribution in [3.8, 4) is 0 Å². The van der Waals surface area contributed by atoms with Gasteiger partial charge in [0.25, 0.3) is 0 Å². The van der Waals surface area contributed by atoms with Gasteiger partial charge in [-0.3, -0.25) is 14.8 Å². The van der Waals surface area contributed by atoms with Crippen LogP contribution in [-0.4, -0.2) is 15.8 Å². The van der Waals surface area contributed by atoms with Gasteiger partial charge < -0.3 is 5.32 Å². The molecule has 0 fully saturated rings. The van der Waals surface area contributed by atoms with Crippen LogP contribution in [-0.2, 0) is 6.42 Å². The number of rotatable bonds is 5. The molecule has 2 aromatic heterocycles. The molecule has 3 rings (SSSR count). The van der Waals surface area contributed by atoms with Crippen LogP contribution in [0.5, 0.6) is 0 Å². The molecule has 0 saturated heterocycles. The van der Waals surface area contributed by atoms with Crippen molar-refractivity contribution in [3.63, 3.8) is 0 Å². The predicted octanol–water partition coefficient (Wildman–Crippen LogP) is 4.86. The number of benzene rings is 1. The fraction of sp³-hybridized carbons (Fsp3) is 0.105. The van der Waals surface area contributed by atoms with Crippen LogP contribution in [0.25, 0.3) is 0 Å². The number of ketones is 1. The molecule has 1 N–H and O–H groups in total. The molecular formula is C19H15BrFN3O. The molecule has 0 atom stereocenters.